The summed E-state index contributed by atoms with van der Waals surface area (Å²) in [5, 5.41) is 0. The van der Waals surface area contributed by atoms with Crippen molar-refractivity contribution in [1.29, 1.82) is 0 Å². The maximum atomic E-state index is 3.85. The van der Waals surface area contributed by atoms with Gasteiger partial charge >= 0.3 is 0 Å². The minimum Gasteiger partial charge on any atom is -0.0988 e. The van der Waals surface area contributed by atoms with E-state index >= 15 is 0 Å². The molecule has 0 atom stereocenters. The summed E-state index contributed by atoms with van der Waals surface area (Å²) < 4.78 is 0. The first kappa shape index (κ1) is 42.2. The van der Waals surface area contributed by atoms with E-state index in [1.54, 1.807) is 6.08 Å². The second-order valence-corrected chi connectivity index (χ2v) is 10.6. The molecule has 0 rings (SSSR count). The Balaban J connectivity index is -0.000000204. The molecule has 0 aromatic carbocycles. The number of hydrogen-bond donors (Lipinski definition) is 0. The third-order valence-corrected chi connectivity index (χ3v) is 4.66. The van der Waals surface area contributed by atoms with Crippen LogP contribution < -0.4 is 0 Å². The molecule has 0 fully saturated rings. The van der Waals surface area contributed by atoms with Gasteiger partial charge in [-0.2, -0.15) is 0 Å². The van der Waals surface area contributed by atoms with Crippen LogP contribution in [0.2, 0.25) is 0 Å². The van der Waals surface area contributed by atoms with E-state index in [4.69, 9.17) is 0 Å². The summed E-state index contributed by atoms with van der Waals surface area (Å²) in [6.45, 7) is 43.4. The van der Waals surface area contributed by atoms with Crippen LogP contribution in [0, 0.1) is 0 Å². The maximum absolute atomic E-state index is 3.85. The molecule has 0 saturated carbocycles. The van der Waals surface area contributed by atoms with E-state index in [1.165, 1.54) is 34.3 Å². The van der Waals surface area contributed by atoms with Gasteiger partial charge in [-0.1, -0.05) is 133 Å². The molecule has 0 aromatic rings. The zero-order valence-electron chi connectivity index (χ0n) is 27.1. The summed E-state index contributed by atoms with van der Waals surface area (Å²) in [6.07, 6.45) is 22.8. The summed E-state index contributed by atoms with van der Waals surface area (Å²) in [5.41, 5.74) is 10.2. The molecule has 0 unspecified atom stereocenters. The van der Waals surface area contributed by atoms with Crippen molar-refractivity contribution in [3.05, 3.63) is 133 Å². The van der Waals surface area contributed by atoms with Gasteiger partial charge in [0.25, 0.3) is 0 Å². The molecular weight excluding hydrogens is 456 g/mol. The van der Waals surface area contributed by atoms with Gasteiger partial charge in [0, 0.05) is 0 Å². The van der Waals surface area contributed by atoms with E-state index < -0.39 is 0 Å². The number of allylic oxidation sites excluding steroid dienone is 16. The summed E-state index contributed by atoms with van der Waals surface area (Å²) in [7, 11) is 0. The Morgan fingerprint density at radius 2 is 0.816 bits per heavy atom. The summed E-state index contributed by atoms with van der Waals surface area (Å²) in [4.78, 5) is 0. The molecule has 214 valence electrons. The zero-order chi connectivity index (χ0) is 30.5. The molecule has 38 heavy (non-hydrogen) atoms. The van der Waals surface area contributed by atoms with Gasteiger partial charge in [0.15, 0.2) is 0 Å². The Hall–Kier alpha value is -2.86. The second-order valence-electron chi connectivity index (χ2n) is 10.6. The van der Waals surface area contributed by atoms with E-state index in [-0.39, 0.29) is 0 Å². The van der Waals surface area contributed by atoms with Crippen LogP contribution in [0.1, 0.15) is 108 Å². The summed E-state index contributed by atoms with van der Waals surface area (Å²) >= 11 is 0. The molecule has 0 nitrogen and oxygen atoms in total. The van der Waals surface area contributed by atoms with Crippen LogP contribution in [0.4, 0.5) is 0 Å². The first-order valence-electron chi connectivity index (χ1n) is 13.7. The number of rotatable bonds is 13. The van der Waals surface area contributed by atoms with Crippen LogP contribution >= 0.6 is 0 Å². The van der Waals surface area contributed by atoms with Gasteiger partial charge in [-0.3, -0.25) is 0 Å². The lowest BCUT2D eigenvalue weighted by Crippen LogP contribution is -1.76. The summed E-state index contributed by atoms with van der Waals surface area (Å²) in [6, 6.07) is 0. The topological polar surface area (TPSA) is 0 Å². The fourth-order valence-electron chi connectivity index (χ4n) is 2.22. The lowest BCUT2D eigenvalue weighted by atomic mass is 10.1. The van der Waals surface area contributed by atoms with Gasteiger partial charge < -0.3 is 0 Å². The lowest BCUT2D eigenvalue weighted by Gasteiger charge is -1.96. The van der Waals surface area contributed by atoms with Crippen molar-refractivity contribution >= 4 is 0 Å². The van der Waals surface area contributed by atoms with E-state index in [9.17, 15) is 0 Å². The molecule has 0 amide bonds. The molecule has 0 aliphatic heterocycles. The Morgan fingerprint density at radius 1 is 0.447 bits per heavy atom. The van der Waals surface area contributed by atoms with Crippen molar-refractivity contribution in [3.63, 3.8) is 0 Å². The monoisotopic (exact) mass is 518 g/mol. The van der Waals surface area contributed by atoms with Crippen LogP contribution in [-0.4, -0.2) is 0 Å². The second kappa shape index (κ2) is 30.4. The molecule has 0 aromatic heterocycles. The Kier molecular flexibility index (Phi) is 33.7. The molecule has 0 aliphatic carbocycles. The quantitative estimate of drug-likeness (QED) is 0.129. The molecule has 0 heteroatoms. The van der Waals surface area contributed by atoms with Crippen molar-refractivity contribution < 1.29 is 0 Å². The first-order valence-corrected chi connectivity index (χ1v) is 13.7. The Labute approximate surface area is 240 Å². The smallest absolute Gasteiger partial charge is 0.0101 e. The highest BCUT2D eigenvalue weighted by Crippen LogP contribution is 2.07. The van der Waals surface area contributed by atoms with Crippen LogP contribution in [0.15, 0.2) is 133 Å². The molecular formula is C38H62. The van der Waals surface area contributed by atoms with Crippen molar-refractivity contribution in [1.82, 2.24) is 0 Å². The van der Waals surface area contributed by atoms with E-state index in [1.807, 2.05) is 12.2 Å². The van der Waals surface area contributed by atoms with E-state index in [0.717, 1.165) is 48.8 Å². The molecule has 0 aliphatic rings. The Morgan fingerprint density at radius 3 is 1.16 bits per heavy atom. The van der Waals surface area contributed by atoms with Gasteiger partial charge in [-0.15, -0.1) is 0 Å². The van der Waals surface area contributed by atoms with Gasteiger partial charge in [0.05, 0.1) is 0 Å². The van der Waals surface area contributed by atoms with E-state index in [2.05, 4.69) is 139 Å². The van der Waals surface area contributed by atoms with Crippen molar-refractivity contribution in [2.24, 2.45) is 0 Å². The molecule has 0 heterocycles. The van der Waals surface area contributed by atoms with Crippen molar-refractivity contribution in [2.45, 2.75) is 108 Å². The number of unbranched alkanes of at least 4 members (excludes halogenated alkanes) is 1. The maximum Gasteiger partial charge on any atom is -0.0101 e. The lowest BCUT2D eigenvalue weighted by molar-refractivity contribution is 0.844. The van der Waals surface area contributed by atoms with Crippen molar-refractivity contribution in [2.75, 3.05) is 0 Å². The highest BCUT2D eigenvalue weighted by molar-refractivity contribution is 5.16. The SMILES string of the molecule is C=CC(=C)CC=C(C)C.C=CC(=C)CCC=C(C)C.C=CC(=C)CCCC=C(C)C.CC(C)=CC=C(C)C. The average Bonchev–Trinajstić information content (AvgIpc) is 2.84. The normalized spacial score (nSPS) is 8.47. The first-order chi connectivity index (χ1) is 17.6. The predicted molar refractivity (Wildman–Crippen MR) is 183 cm³/mol. The molecule has 0 spiro atoms. The van der Waals surface area contributed by atoms with Crippen LogP contribution in [-0.2, 0) is 0 Å². The van der Waals surface area contributed by atoms with Gasteiger partial charge in [-0.25, -0.2) is 0 Å². The van der Waals surface area contributed by atoms with Gasteiger partial charge in [0.2, 0.25) is 0 Å². The zero-order valence-corrected chi connectivity index (χ0v) is 27.1. The molecule has 0 radical (unpaired) electrons. The van der Waals surface area contributed by atoms with Crippen LogP contribution in [0.5, 0.6) is 0 Å². The van der Waals surface area contributed by atoms with Gasteiger partial charge in [-0.05, 0) is 108 Å². The number of hydrogen-bond acceptors (Lipinski definition) is 0. The Bertz CT molecular complexity index is 820. The third-order valence-electron chi connectivity index (χ3n) is 4.66. The van der Waals surface area contributed by atoms with Crippen molar-refractivity contribution in [3.8, 4) is 0 Å². The predicted octanol–water partition coefficient (Wildman–Crippen LogP) is 13.3. The van der Waals surface area contributed by atoms with Crippen LogP contribution in [0.3, 0.4) is 0 Å². The molecule has 0 bridgehead atoms. The fraction of sp³-hybridized carbons (Fsp3) is 0.421. The van der Waals surface area contributed by atoms with E-state index in [0.29, 0.717) is 0 Å². The average molecular weight is 519 g/mol. The third kappa shape index (κ3) is 50.1. The highest BCUT2D eigenvalue weighted by Gasteiger charge is 1.87. The minimum absolute atomic E-state index is 0.936. The molecule has 0 saturated heterocycles. The van der Waals surface area contributed by atoms with Gasteiger partial charge in [0.1, 0.15) is 0 Å². The minimum atomic E-state index is 0.936. The largest absolute Gasteiger partial charge is 0.0988 e. The fourth-order valence-corrected chi connectivity index (χ4v) is 2.22. The van der Waals surface area contributed by atoms with Crippen LogP contribution in [0.25, 0.3) is 0 Å². The highest BCUT2D eigenvalue weighted by atomic mass is 13.9. The standard InChI is InChI=1S/C11H18.C10H16.C9H14.C8H14/c1-5-11(4)9-7-6-8-10(2)3;1-5-10(4)8-6-7-9(2)3;1-5-9(4)7-6-8(2)3;1-7(2)5-6-8(3)4/h5,8H,1,4,6-7,9H2,2-3H3;5,7H,1,4,6,8H2,2-3H3;5-6H,1,4,7H2,2-3H3;5-6H,1-4H3. The molecule has 0 N–H and O–H groups in total. The summed E-state index contributed by atoms with van der Waals surface area (Å²) in [5.74, 6) is 0.